The molecule has 11 aromatic carbocycles. The van der Waals surface area contributed by atoms with Crippen LogP contribution in [0.2, 0.25) is 0 Å². The molecule has 2 nitrogen and oxygen atoms in total. The lowest BCUT2D eigenvalue weighted by Gasteiger charge is -2.37. The molecule has 0 bridgehead atoms. The van der Waals surface area contributed by atoms with E-state index in [0.29, 0.717) is 0 Å². The van der Waals surface area contributed by atoms with E-state index in [-0.39, 0.29) is 16.2 Å². The largest absolute Gasteiger partial charge is 0.310 e. The number of allylic oxidation sites excluding steroid dienone is 4. The molecule has 0 heterocycles. The summed E-state index contributed by atoms with van der Waals surface area (Å²) in [7, 11) is 0. The maximum absolute atomic E-state index is 4.08. The standard InChI is InChI=1S/C88H78N2/c1-9-61-29-33-63(34-30-61)59-87(69-45-41-67(42-46-69)85(3,4)5)81-27-19-17-25-77(81)79-55-53-75(57-83(79)87)89(71-21-13-11-14-22-71)73-49-37-65(38-50-73)66-39-51-74(52-40-66)90(72-23-15-12-16-24-72)76-54-56-80-78-26-18-20-28-82(78)88(84(80)58-76,60-64-35-31-62(10-2)32-36-64)70-47-43-68(44-48-70)86(6,7)8/h9-19,21-27,29-58H,1-2,20,28,59-60H2,3-8H3. The predicted octanol–water partition coefficient (Wildman–Crippen LogP) is 23.4. The minimum absolute atomic E-state index is 0.0271. The van der Waals surface area contributed by atoms with E-state index in [9.17, 15) is 0 Å². The van der Waals surface area contributed by atoms with Gasteiger partial charge in [0, 0.05) is 39.5 Å². The minimum atomic E-state index is -0.459. The number of anilines is 6. The molecule has 0 amide bonds. The van der Waals surface area contributed by atoms with Gasteiger partial charge < -0.3 is 9.80 Å². The first-order valence-corrected chi connectivity index (χ1v) is 32.1. The van der Waals surface area contributed by atoms with E-state index in [0.717, 1.165) is 82.1 Å². The third-order valence-electron chi connectivity index (χ3n) is 19.6. The smallest absolute Gasteiger partial charge is 0.0504 e. The molecule has 2 heteroatoms. The highest BCUT2D eigenvalue weighted by Crippen LogP contribution is 2.58. The fraction of sp³-hybridized carbons (Fsp3) is 0.159. The van der Waals surface area contributed by atoms with Crippen LogP contribution in [0.5, 0.6) is 0 Å². The van der Waals surface area contributed by atoms with Gasteiger partial charge in [0.1, 0.15) is 0 Å². The maximum Gasteiger partial charge on any atom is 0.0504 e. The first-order chi connectivity index (χ1) is 43.7. The molecule has 0 saturated heterocycles. The summed E-state index contributed by atoms with van der Waals surface area (Å²) in [5, 5.41) is 0. The lowest BCUT2D eigenvalue weighted by Crippen LogP contribution is -2.32. The average molecular weight is 1160 g/mol. The first kappa shape index (κ1) is 57.7. The fourth-order valence-electron chi connectivity index (χ4n) is 14.8. The number of rotatable bonds is 15. The molecule has 3 aliphatic rings. The van der Waals surface area contributed by atoms with Crippen LogP contribution >= 0.6 is 0 Å². The lowest BCUT2D eigenvalue weighted by atomic mass is 9.66. The van der Waals surface area contributed by atoms with Gasteiger partial charge in [-0.05, 0) is 209 Å². The SMILES string of the molecule is C=Cc1ccc(CC2(c3ccc(C(C)(C)C)cc3)C3=C(C=CCC3)c3ccc(N(c4ccccc4)c4ccc(-c5ccc(N(c6ccccc6)c6ccc7c(c6)C(Cc6ccc(C=C)cc6)(c6ccc(C(C)(C)C)cc6)c6ccccc6-7)cc5)cc4)cc32)cc1. The quantitative estimate of drug-likeness (QED) is 0.101. The van der Waals surface area contributed by atoms with Crippen molar-refractivity contribution in [1.82, 2.24) is 0 Å². The Morgan fingerprint density at radius 1 is 0.378 bits per heavy atom. The van der Waals surface area contributed by atoms with Crippen LogP contribution in [0.25, 0.3) is 40.0 Å². The third kappa shape index (κ3) is 10.3. The van der Waals surface area contributed by atoms with Crippen LogP contribution in [0, 0.1) is 0 Å². The summed E-state index contributed by atoms with van der Waals surface area (Å²) < 4.78 is 0. The zero-order valence-corrected chi connectivity index (χ0v) is 52.8. The topological polar surface area (TPSA) is 6.48 Å². The third-order valence-corrected chi connectivity index (χ3v) is 19.6. The monoisotopic (exact) mass is 1160 g/mol. The molecule has 0 aliphatic heterocycles. The van der Waals surface area contributed by atoms with Crippen molar-refractivity contribution in [1.29, 1.82) is 0 Å². The molecule has 2 unspecified atom stereocenters. The Morgan fingerprint density at radius 2 is 0.778 bits per heavy atom. The Morgan fingerprint density at radius 3 is 1.26 bits per heavy atom. The van der Waals surface area contributed by atoms with Crippen LogP contribution in [0.3, 0.4) is 0 Å². The second-order valence-electron chi connectivity index (χ2n) is 27.0. The van der Waals surface area contributed by atoms with Crippen molar-refractivity contribution in [3.8, 4) is 22.3 Å². The highest BCUT2D eigenvalue weighted by atomic mass is 15.1. The second kappa shape index (κ2) is 23.2. The fourth-order valence-corrected chi connectivity index (χ4v) is 14.8. The Bertz CT molecular complexity index is 4520. The summed E-state index contributed by atoms with van der Waals surface area (Å²) in [5.74, 6) is 0. The second-order valence-corrected chi connectivity index (χ2v) is 27.0. The van der Waals surface area contributed by atoms with Crippen LogP contribution in [-0.2, 0) is 34.5 Å². The van der Waals surface area contributed by atoms with Gasteiger partial charge in [-0.25, -0.2) is 0 Å². The summed E-state index contributed by atoms with van der Waals surface area (Å²) in [5.41, 5.74) is 29.1. The van der Waals surface area contributed by atoms with E-state index >= 15 is 0 Å². The van der Waals surface area contributed by atoms with Crippen LogP contribution < -0.4 is 9.80 Å². The number of nitrogens with zero attached hydrogens (tertiary/aromatic N) is 2. The minimum Gasteiger partial charge on any atom is -0.310 e. The van der Waals surface area contributed by atoms with Crippen molar-refractivity contribution < 1.29 is 0 Å². The maximum atomic E-state index is 4.08. The van der Waals surface area contributed by atoms with Crippen molar-refractivity contribution in [3.05, 3.63) is 365 Å². The summed E-state index contributed by atoms with van der Waals surface area (Å²) in [6.07, 6.45) is 12.3. The van der Waals surface area contributed by atoms with Gasteiger partial charge in [-0.2, -0.15) is 0 Å². The van der Waals surface area contributed by atoms with Crippen LogP contribution in [0.4, 0.5) is 34.1 Å². The van der Waals surface area contributed by atoms with Crippen molar-refractivity contribution in [2.75, 3.05) is 9.80 Å². The summed E-state index contributed by atoms with van der Waals surface area (Å²) in [6.45, 7) is 22.0. The molecule has 440 valence electrons. The predicted molar refractivity (Wildman–Crippen MR) is 383 cm³/mol. The van der Waals surface area contributed by atoms with E-state index in [1.165, 1.54) is 77.9 Å². The molecule has 14 rings (SSSR count). The van der Waals surface area contributed by atoms with E-state index < -0.39 is 5.41 Å². The van der Waals surface area contributed by atoms with Crippen LogP contribution in [0.15, 0.2) is 298 Å². The number of benzene rings is 11. The summed E-state index contributed by atoms with van der Waals surface area (Å²) in [6, 6.07) is 101. The number of fused-ring (bicyclic) bond motifs is 5. The van der Waals surface area contributed by atoms with Gasteiger partial charge in [0.2, 0.25) is 0 Å². The Hall–Kier alpha value is -10.0. The summed E-state index contributed by atoms with van der Waals surface area (Å²) >= 11 is 0. The Balaban J connectivity index is 0.837. The Labute approximate surface area is 534 Å². The Kier molecular flexibility index (Phi) is 14.9. The number of para-hydroxylation sites is 2. The molecule has 0 aromatic heterocycles. The molecule has 11 aromatic rings. The molecule has 0 saturated carbocycles. The zero-order chi connectivity index (χ0) is 61.8. The molecule has 0 radical (unpaired) electrons. The van der Waals surface area contributed by atoms with Crippen molar-refractivity contribution >= 4 is 51.8 Å². The van der Waals surface area contributed by atoms with E-state index in [1.807, 2.05) is 12.2 Å². The number of hydrogen-bond acceptors (Lipinski definition) is 2. The van der Waals surface area contributed by atoms with Crippen molar-refractivity contribution in [2.45, 2.75) is 88.9 Å². The molecule has 0 fully saturated rings. The van der Waals surface area contributed by atoms with Crippen molar-refractivity contribution in [2.24, 2.45) is 0 Å². The zero-order valence-electron chi connectivity index (χ0n) is 52.8. The lowest BCUT2D eigenvalue weighted by molar-refractivity contribution is 0.575. The average Bonchev–Trinajstić information content (AvgIpc) is 1.57. The highest BCUT2D eigenvalue weighted by Gasteiger charge is 2.48. The van der Waals surface area contributed by atoms with Gasteiger partial charge in [0.05, 0.1) is 5.41 Å². The van der Waals surface area contributed by atoms with E-state index in [1.54, 1.807) is 0 Å². The molecular formula is C88H78N2. The van der Waals surface area contributed by atoms with Gasteiger partial charge in [0.15, 0.2) is 0 Å². The van der Waals surface area contributed by atoms with E-state index in [2.05, 4.69) is 344 Å². The van der Waals surface area contributed by atoms with Crippen molar-refractivity contribution in [3.63, 3.8) is 0 Å². The van der Waals surface area contributed by atoms with Gasteiger partial charge in [0.25, 0.3) is 0 Å². The first-order valence-electron chi connectivity index (χ1n) is 32.1. The van der Waals surface area contributed by atoms with Gasteiger partial charge >= 0.3 is 0 Å². The van der Waals surface area contributed by atoms with Gasteiger partial charge in [-0.1, -0.05) is 273 Å². The molecular weight excluding hydrogens is 1080 g/mol. The molecule has 90 heavy (non-hydrogen) atoms. The van der Waals surface area contributed by atoms with E-state index in [4.69, 9.17) is 0 Å². The molecule has 3 aliphatic carbocycles. The molecule has 0 N–H and O–H groups in total. The van der Waals surface area contributed by atoms with Gasteiger partial charge in [-0.15, -0.1) is 0 Å². The highest BCUT2D eigenvalue weighted by molar-refractivity contribution is 5.92. The van der Waals surface area contributed by atoms with Crippen LogP contribution in [0.1, 0.15) is 121 Å². The molecule has 2 atom stereocenters. The normalized spacial score (nSPS) is 16.4. The summed E-state index contributed by atoms with van der Waals surface area (Å²) in [4.78, 5) is 4.86. The van der Waals surface area contributed by atoms with Gasteiger partial charge in [-0.3, -0.25) is 0 Å². The van der Waals surface area contributed by atoms with Crippen LogP contribution in [-0.4, -0.2) is 0 Å². The number of hydrogen-bond donors (Lipinski definition) is 0. The molecule has 0 spiro atoms.